The van der Waals surface area contributed by atoms with Crippen molar-refractivity contribution in [1.82, 2.24) is 9.55 Å². The SMILES string of the molecule is CCCC(=O)Cn1c(=O)cnc2ccccc21. The lowest BCUT2D eigenvalue weighted by Gasteiger charge is -2.07. The van der Waals surface area contributed by atoms with E-state index in [9.17, 15) is 9.59 Å². The zero-order valence-corrected chi connectivity index (χ0v) is 9.72. The van der Waals surface area contributed by atoms with E-state index < -0.39 is 0 Å². The summed E-state index contributed by atoms with van der Waals surface area (Å²) in [4.78, 5) is 27.4. The van der Waals surface area contributed by atoms with Gasteiger partial charge >= 0.3 is 0 Å². The van der Waals surface area contributed by atoms with E-state index in [2.05, 4.69) is 4.98 Å². The molecule has 4 nitrogen and oxygen atoms in total. The molecule has 1 heterocycles. The van der Waals surface area contributed by atoms with E-state index in [-0.39, 0.29) is 17.9 Å². The van der Waals surface area contributed by atoms with Crippen molar-refractivity contribution in [2.45, 2.75) is 26.3 Å². The van der Waals surface area contributed by atoms with E-state index in [0.717, 1.165) is 11.9 Å². The number of fused-ring (bicyclic) bond motifs is 1. The van der Waals surface area contributed by atoms with Gasteiger partial charge in [-0.3, -0.25) is 14.2 Å². The second kappa shape index (κ2) is 4.91. The number of carbonyl (C=O) groups is 1. The summed E-state index contributed by atoms with van der Waals surface area (Å²) in [5.74, 6) is 0.0750. The molecule has 0 unspecified atom stereocenters. The number of hydrogen-bond acceptors (Lipinski definition) is 3. The molecule has 2 rings (SSSR count). The smallest absolute Gasteiger partial charge is 0.269 e. The van der Waals surface area contributed by atoms with Crippen molar-refractivity contribution in [2.75, 3.05) is 0 Å². The molecule has 0 spiro atoms. The number of benzene rings is 1. The zero-order valence-electron chi connectivity index (χ0n) is 9.72. The molecule has 0 radical (unpaired) electrons. The third kappa shape index (κ3) is 2.41. The van der Waals surface area contributed by atoms with Crippen LogP contribution in [0.3, 0.4) is 0 Å². The Bertz CT molecular complexity index is 602. The Balaban J connectivity index is 2.48. The van der Waals surface area contributed by atoms with Crippen molar-refractivity contribution in [2.24, 2.45) is 0 Å². The van der Waals surface area contributed by atoms with E-state index in [1.54, 1.807) is 0 Å². The minimum atomic E-state index is -0.229. The summed E-state index contributed by atoms with van der Waals surface area (Å²) >= 11 is 0. The number of nitrogens with zero attached hydrogens (tertiary/aromatic N) is 2. The van der Waals surface area contributed by atoms with Crippen LogP contribution in [0, 0.1) is 0 Å². The van der Waals surface area contributed by atoms with Crippen molar-refractivity contribution in [3.05, 3.63) is 40.8 Å². The van der Waals surface area contributed by atoms with Crippen LogP contribution in [0.5, 0.6) is 0 Å². The molecule has 0 aliphatic rings. The molecule has 0 amide bonds. The number of carbonyl (C=O) groups excluding carboxylic acids is 1. The number of para-hydroxylation sites is 2. The molecule has 0 saturated heterocycles. The van der Waals surface area contributed by atoms with E-state index in [1.165, 1.54) is 10.8 Å². The van der Waals surface area contributed by atoms with Crippen molar-refractivity contribution in [3.63, 3.8) is 0 Å². The Labute approximate surface area is 98.9 Å². The summed E-state index contributed by atoms with van der Waals surface area (Å²) in [5, 5.41) is 0. The van der Waals surface area contributed by atoms with Gasteiger partial charge in [-0.05, 0) is 18.6 Å². The van der Waals surface area contributed by atoms with Crippen LogP contribution in [0.15, 0.2) is 35.3 Å². The highest BCUT2D eigenvalue weighted by atomic mass is 16.1. The van der Waals surface area contributed by atoms with Crippen LogP contribution in [0.2, 0.25) is 0 Å². The molecule has 1 aromatic carbocycles. The predicted molar refractivity (Wildman–Crippen MR) is 65.9 cm³/mol. The quantitative estimate of drug-likeness (QED) is 0.804. The van der Waals surface area contributed by atoms with Gasteiger partial charge in [-0.15, -0.1) is 0 Å². The average Bonchev–Trinajstić information content (AvgIpc) is 2.33. The monoisotopic (exact) mass is 230 g/mol. The number of hydrogen-bond donors (Lipinski definition) is 0. The fourth-order valence-corrected chi connectivity index (χ4v) is 1.81. The minimum absolute atomic E-state index is 0.0750. The Morgan fingerprint density at radius 3 is 2.88 bits per heavy atom. The van der Waals surface area contributed by atoms with E-state index >= 15 is 0 Å². The fourth-order valence-electron chi connectivity index (χ4n) is 1.81. The van der Waals surface area contributed by atoms with Crippen LogP contribution in [0.4, 0.5) is 0 Å². The largest absolute Gasteiger partial charge is 0.298 e. The van der Waals surface area contributed by atoms with Gasteiger partial charge in [-0.25, -0.2) is 4.98 Å². The summed E-state index contributed by atoms with van der Waals surface area (Å²) in [6.45, 7) is 2.08. The van der Waals surface area contributed by atoms with Crippen molar-refractivity contribution < 1.29 is 4.79 Å². The van der Waals surface area contributed by atoms with Crippen molar-refractivity contribution in [1.29, 1.82) is 0 Å². The molecule has 0 bridgehead atoms. The second-order valence-corrected chi connectivity index (χ2v) is 3.96. The Morgan fingerprint density at radius 1 is 1.35 bits per heavy atom. The number of rotatable bonds is 4. The first-order chi connectivity index (χ1) is 8.22. The maximum absolute atomic E-state index is 11.7. The van der Waals surface area contributed by atoms with Crippen LogP contribution < -0.4 is 5.56 Å². The molecule has 0 saturated carbocycles. The lowest BCUT2D eigenvalue weighted by atomic mass is 10.2. The lowest BCUT2D eigenvalue weighted by Crippen LogP contribution is -2.24. The summed E-state index contributed by atoms with van der Waals surface area (Å²) in [6, 6.07) is 7.33. The van der Waals surface area contributed by atoms with Gasteiger partial charge in [-0.2, -0.15) is 0 Å². The van der Waals surface area contributed by atoms with Gasteiger partial charge in [0.15, 0.2) is 5.78 Å². The predicted octanol–water partition coefficient (Wildman–Crippen LogP) is 1.77. The third-order valence-corrected chi connectivity index (χ3v) is 2.62. The van der Waals surface area contributed by atoms with Gasteiger partial charge in [0.25, 0.3) is 5.56 Å². The average molecular weight is 230 g/mol. The van der Waals surface area contributed by atoms with E-state index in [0.29, 0.717) is 11.9 Å². The molecule has 0 aliphatic heterocycles. The molecule has 0 N–H and O–H groups in total. The van der Waals surface area contributed by atoms with Gasteiger partial charge in [0, 0.05) is 6.42 Å². The molecular weight excluding hydrogens is 216 g/mol. The molecule has 17 heavy (non-hydrogen) atoms. The fraction of sp³-hybridized carbons (Fsp3) is 0.308. The molecule has 1 aromatic heterocycles. The molecule has 4 heteroatoms. The van der Waals surface area contributed by atoms with Gasteiger partial charge < -0.3 is 0 Å². The normalized spacial score (nSPS) is 10.6. The maximum atomic E-state index is 11.7. The summed E-state index contributed by atoms with van der Waals surface area (Å²) < 4.78 is 1.49. The molecule has 2 aromatic rings. The highest BCUT2D eigenvalue weighted by Crippen LogP contribution is 2.08. The first-order valence-corrected chi connectivity index (χ1v) is 5.68. The number of Topliss-reactive ketones (excluding diaryl/α,β-unsaturated/α-hetero) is 1. The summed E-state index contributed by atoms with van der Waals surface area (Å²) in [6.07, 6.45) is 2.57. The molecule has 88 valence electrons. The molecule has 0 atom stereocenters. The van der Waals surface area contributed by atoms with Crippen LogP contribution in [-0.2, 0) is 11.3 Å². The van der Waals surface area contributed by atoms with Gasteiger partial charge in [0.05, 0.1) is 23.8 Å². The minimum Gasteiger partial charge on any atom is -0.298 e. The molecule has 0 fully saturated rings. The van der Waals surface area contributed by atoms with Crippen LogP contribution in [-0.4, -0.2) is 15.3 Å². The third-order valence-electron chi connectivity index (χ3n) is 2.62. The van der Waals surface area contributed by atoms with Crippen molar-refractivity contribution in [3.8, 4) is 0 Å². The number of ketones is 1. The maximum Gasteiger partial charge on any atom is 0.269 e. The van der Waals surface area contributed by atoms with E-state index in [4.69, 9.17) is 0 Å². The second-order valence-electron chi connectivity index (χ2n) is 3.96. The highest BCUT2D eigenvalue weighted by molar-refractivity contribution is 5.81. The van der Waals surface area contributed by atoms with Crippen LogP contribution >= 0.6 is 0 Å². The van der Waals surface area contributed by atoms with Gasteiger partial charge in [0.1, 0.15) is 0 Å². The summed E-state index contributed by atoms with van der Waals surface area (Å²) in [7, 11) is 0. The first-order valence-electron chi connectivity index (χ1n) is 5.68. The summed E-state index contributed by atoms with van der Waals surface area (Å²) in [5.41, 5.74) is 1.22. The van der Waals surface area contributed by atoms with Crippen LogP contribution in [0.25, 0.3) is 11.0 Å². The lowest BCUT2D eigenvalue weighted by molar-refractivity contribution is -0.119. The molecular formula is C13H14N2O2. The van der Waals surface area contributed by atoms with Gasteiger partial charge in [0.2, 0.25) is 0 Å². The number of aromatic nitrogens is 2. The van der Waals surface area contributed by atoms with Crippen LogP contribution in [0.1, 0.15) is 19.8 Å². The Hall–Kier alpha value is -1.97. The van der Waals surface area contributed by atoms with Gasteiger partial charge in [-0.1, -0.05) is 19.1 Å². The van der Waals surface area contributed by atoms with Crippen molar-refractivity contribution >= 4 is 16.8 Å². The van der Waals surface area contributed by atoms with E-state index in [1.807, 2.05) is 31.2 Å². The Morgan fingerprint density at radius 2 is 2.12 bits per heavy atom. The zero-order chi connectivity index (χ0) is 12.3. The first kappa shape index (κ1) is 11.5. The molecule has 0 aliphatic carbocycles. The standard InChI is InChI=1S/C13H14N2O2/c1-2-5-10(16)9-15-12-7-4-3-6-11(12)14-8-13(15)17/h3-4,6-8H,2,5,9H2,1H3. The Kier molecular flexibility index (Phi) is 3.32. The topological polar surface area (TPSA) is 52.0 Å². The highest BCUT2D eigenvalue weighted by Gasteiger charge is 2.07.